The van der Waals surface area contributed by atoms with Gasteiger partial charge in [0.05, 0.1) is 9.99 Å². The molecule has 0 saturated heterocycles. The Morgan fingerprint density at radius 3 is 2.81 bits per heavy atom. The number of nitrogens with two attached hydrogens (primary N) is 1. The van der Waals surface area contributed by atoms with Crippen molar-refractivity contribution < 1.29 is 4.74 Å². The number of benzene rings is 2. The Bertz CT molecular complexity index is 782. The molecule has 0 spiro atoms. The number of para-hydroxylation sites is 1. The van der Waals surface area contributed by atoms with Crippen molar-refractivity contribution in [1.29, 1.82) is 0 Å². The van der Waals surface area contributed by atoms with Crippen molar-refractivity contribution in [3.8, 4) is 5.75 Å². The fraction of sp³-hybridized carbons (Fsp3) is 0.188. The first-order valence-corrected chi connectivity index (χ1v) is 7.50. The molecule has 0 atom stereocenters. The Hall–Kier alpha value is -1.85. The highest BCUT2D eigenvalue weighted by atomic mass is 79.9. The second-order valence-electron chi connectivity index (χ2n) is 4.85. The summed E-state index contributed by atoms with van der Waals surface area (Å²) in [5.41, 5.74) is 8.73. The predicted octanol–water partition coefficient (Wildman–Crippen LogP) is 3.37. The fourth-order valence-electron chi connectivity index (χ4n) is 2.33. The number of aromatic nitrogens is 2. The van der Waals surface area contributed by atoms with Crippen LogP contribution in [0.15, 0.2) is 46.9 Å². The van der Waals surface area contributed by atoms with Crippen LogP contribution in [0.25, 0.3) is 10.9 Å². The van der Waals surface area contributed by atoms with E-state index in [1.807, 2.05) is 42.1 Å². The van der Waals surface area contributed by atoms with Crippen molar-refractivity contribution in [2.75, 3.05) is 0 Å². The zero-order valence-corrected chi connectivity index (χ0v) is 13.3. The smallest absolute Gasteiger partial charge is 0.134 e. The van der Waals surface area contributed by atoms with Gasteiger partial charge in [0.2, 0.25) is 0 Å². The van der Waals surface area contributed by atoms with Crippen molar-refractivity contribution in [2.45, 2.75) is 13.2 Å². The third-order valence-electron chi connectivity index (χ3n) is 3.43. The van der Waals surface area contributed by atoms with E-state index < -0.39 is 0 Å². The molecule has 21 heavy (non-hydrogen) atoms. The van der Waals surface area contributed by atoms with Gasteiger partial charge in [-0.2, -0.15) is 5.10 Å². The Morgan fingerprint density at radius 2 is 2.05 bits per heavy atom. The van der Waals surface area contributed by atoms with Crippen LogP contribution < -0.4 is 10.5 Å². The van der Waals surface area contributed by atoms with Gasteiger partial charge in [0.15, 0.2) is 0 Å². The van der Waals surface area contributed by atoms with Gasteiger partial charge in [0.25, 0.3) is 0 Å². The summed E-state index contributed by atoms with van der Waals surface area (Å²) in [4.78, 5) is 0. The van der Waals surface area contributed by atoms with E-state index in [1.54, 1.807) is 0 Å². The number of halogens is 1. The Kier molecular flexibility index (Phi) is 3.94. The van der Waals surface area contributed by atoms with Gasteiger partial charge in [-0.15, -0.1) is 0 Å². The van der Waals surface area contributed by atoms with E-state index in [-0.39, 0.29) is 0 Å². The molecule has 1 heterocycles. The first-order valence-electron chi connectivity index (χ1n) is 6.71. The molecule has 3 aromatic rings. The summed E-state index contributed by atoms with van der Waals surface area (Å²) >= 11 is 3.51. The van der Waals surface area contributed by atoms with E-state index in [4.69, 9.17) is 10.5 Å². The molecule has 0 amide bonds. The van der Waals surface area contributed by atoms with Gasteiger partial charge in [-0.25, -0.2) is 0 Å². The highest BCUT2D eigenvalue weighted by molar-refractivity contribution is 9.10. The van der Waals surface area contributed by atoms with Crippen molar-refractivity contribution in [1.82, 2.24) is 9.78 Å². The van der Waals surface area contributed by atoms with Gasteiger partial charge in [-0.05, 0) is 39.7 Å². The minimum atomic E-state index is 0.432. The number of rotatable bonds is 4. The quantitative estimate of drug-likeness (QED) is 0.788. The molecule has 0 aliphatic heterocycles. The van der Waals surface area contributed by atoms with Gasteiger partial charge in [0.1, 0.15) is 18.1 Å². The SMILES string of the molecule is Cn1nc(COc2ccc(CN)cc2Br)c2ccccc21. The lowest BCUT2D eigenvalue weighted by Crippen LogP contribution is -2.00. The molecule has 2 aromatic carbocycles. The molecule has 0 radical (unpaired) electrons. The summed E-state index contributed by atoms with van der Waals surface area (Å²) in [6.07, 6.45) is 0. The number of hydrogen-bond acceptors (Lipinski definition) is 3. The van der Waals surface area contributed by atoms with Crippen LogP contribution in [-0.4, -0.2) is 9.78 Å². The van der Waals surface area contributed by atoms with Gasteiger partial charge in [0, 0.05) is 19.0 Å². The summed E-state index contributed by atoms with van der Waals surface area (Å²) in [5.74, 6) is 0.793. The Labute approximate surface area is 131 Å². The Balaban J connectivity index is 1.84. The van der Waals surface area contributed by atoms with Crippen molar-refractivity contribution >= 4 is 26.8 Å². The number of hydrogen-bond donors (Lipinski definition) is 1. The molecular weight excluding hydrogens is 330 g/mol. The van der Waals surface area contributed by atoms with Gasteiger partial charge in [-0.3, -0.25) is 4.68 Å². The van der Waals surface area contributed by atoms with Crippen molar-refractivity contribution in [3.63, 3.8) is 0 Å². The maximum Gasteiger partial charge on any atom is 0.134 e. The fourth-order valence-corrected chi connectivity index (χ4v) is 2.87. The monoisotopic (exact) mass is 345 g/mol. The van der Waals surface area contributed by atoms with E-state index in [1.165, 1.54) is 0 Å². The van der Waals surface area contributed by atoms with E-state index >= 15 is 0 Å². The second kappa shape index (κ2) is 5.87. The van der Waals surface area contributed by atoms with Crippen LogP contribution >= 0.6 is 15.9 Å². The zero-order valence-electron chi connectivity index (χ0n) is 11.7. The van der Waals surface area contributed by atoms with Gasteiger partial charge < -0.3 is 10.5 Å². The average Bonchev–Trinajstić information content (AvgIpc) is 2.83. The van der Waals surface area contributed by atoms with Crippen LogP contribution in [0.3, 0.4) is 0 Å². The molecule has 108 valence electrons. The molecule has 0 unspecified atom stereocenters. The van der Waals surface area contributed by atoms with Crippen LogP contribution in [-0.2, 0) is 20.2 Å². The minimum absolute atomic E-state index is 0.432. The lowest BCUT2D eigenvalue weighted by molar-refractivity contribution is 0.299. The third kappa shape index (κ3) is 2.80. The zero-order chi connectivity index (χ0) is 14.8. The van der Waals surface area contributed by atoms with Crippen LogP contribution in [0, 0.1) is 0 Å². The molecule has 0 fully saturated rings. The number of aryl methyl sites for hydroxylation is 1. The molecule has 0 saturated carbocycles. The van der Waals surface area contributed by atoms with Gasteiger partial charge >= 0.3 is 0 Å². The Morgan fingerprint density at radius 1 is 1.24 bits per heavy atom. The molecule has 5 heteroatoms. The first kappa shape index (κ1) is 14.1. The van der Waals surface area contributed by atoms with Crippen molar-refractivity contribution in [3.05, 3.63) is 58.2 Å². The lowest BCUT2D eigenvalue weighted by atomic mass is 10.2. The number of ether oxygens (including phenoxy) is 1. The standard InChI is InChI=1S/C16H16BrN3O/c1-20-15-5-3-2-4-12(15)14(19-20)10-21-16-7-6-11(9-18)8-13(16)17/h2-8H,9-10,18H2,1H3. The predicted molar refractivity (Wildman–Crippen MR) is 87.1 cm³/mol. The highest BCUT2D eigenvalue weighted by Gasteiger charge is 2.09. The molecule has 3 rings (SSSR count). The molecule has 2 N–H and O–H groups in total. The number of nitrogens with zero attached hydrogens (tertiary/aromatic N) is 2. The maximum atomic E-state index is 5.88. The molecule has 0 aliphatic rings. The summed E-state index contributed by atoms with van der Waals surface area (Å²) in [6.45, 7) is 0.950. The molecule has 1 aromatic heterocycles. The summed E-state index contributed by atoms with van der Waals surface area (Å²) in [7, 11) is 1.94. The van der Waals surface area contributed by atoms with Gasteiger partial charge in [-0.1, -0.05) is 24.3 Å². The normalized spacial score (nSPS) is 11.0. The maximum absolute atomic E-state index is 5.88. The molecule has 0 bridgehead atoms. The van der Waals surface area contributed by atoms with Crippen LogP contribution in [0.5, 0.6) is 5.75 Å². The number of fused-ring (bicyclic) bond motifs is 1. The third-order valence-corrected chi connectivity index (χ3v) is 4.05. The van der Waals surface area contributed by atoms with E-state index in [2.05, 4.69) is 33.2 Å². The first-order chi connectivity index (χ1) is 10.2. The highest BCUT2D eigenvalue weighted by Crippen LogP contribution is 2.27. The lowest BCUT2D eigenvalue weighted by Gasteiger charge is -2.08. The molecule has 4 nitrogen and oxygen atoms in total. The van der Waals surface area contributed by atoms with Crippen molar-refractivity contribution in [2.24, 2.45) is 12.8 Å². The minimum Gasteiger partial charge on any atom is -0.486 e. The average molecular weight is 346 g/mol. The van der Waals surface area contributed by atoms with E-state index in [0.717, 1.165) is 32.4 Å². The van der Waals surface area contributed by atoms with Crippen LogP contribution in [0.1, 0.15) is 11.3 Å². The van der Waals surface area contributed by atoms with E-state index in [9.17, 15) is 0 Å². The van der Waals surface area contributed by atoms with E-state index in [0.29, 0.717) is 13.2 Å². The largest absolute Gasteiger partial charge is 0.486 e. The molecule has 0 aliphatic carbocycles. The summed E-state index contributed by atoms with van der Waals surface area (Å²) in [5, 5.41) is 5.64. The van der Waals surface area contributed by atoms with Crippen LogP contribution in [0.2, 0.25) is 0 Å². The topological polar surface area (TPSA) is 53.1 Å². The second-order valence-corrected chi connectivity index (χ2v) is 5.70. The summed E-state index contributed by atoms with van der Waals surface area (Å²) in [6, 6.07) is 14.0. The van der Waals surface area contributed by atoms with Crippen LogP contribution in [0.4, 0.5) is 0 Å². The summed E-state index contributed by atoms with van der Waals surface area (Å²) < 4.78 is 8.66. The molecular formula is C16H16BrN3O.